The Kier molecular flexibility index (Phi) is 5.78. The van der Waals surface area contributed by atoms with Gasteiger partial charge < -0.3 is 10.4 Å². The average Bonchev–Trinajstić information content (AvgIpc) is 3.01. The summed E-state index contributed by atoms with van der Waals surface area (Å²) in [7, 11) is 0. The number of benzene rings is 1. The summed E-state index contributed by atoms with van der Waals surface area (Å²) in [4.78, 5) is 26.6. The summed E-state index contributed by atoms with van der Waals surface area (Å²) in [6.45, 7) is 1.77. The first-order valence-electron chi connectivity index (χ1n) is 7.28. The zero-order chi connectivity index (χ0) is 18.6. The van der Waals surface area contributed by atoms with Gasteiger partial charge >= 0.3 is 12.1 Å². The number of halogens is 3. The molecule has 2 aromatic rings. The Hall–Kier alpha value is -2.42. The minimum atomic E-state index is -4.38. The number of carboxylic acids is 1. The third-order valence-electron chi connectivity index (χ3n) is 3.46. The first kappa shape index (κ1) is 18.9. The SMILES string of the molecule is CC(Cc1ccc(C(F)(F)F)cc1)C(=O)NCc1nc(C(=O)O)cs1. The van der Waals surface area contributed by atoms with E-state index in [4.69, 9.17) is 5.11 Å². The summed E-state index contributed by atoms with van der Waals surface area (Å²) in [5, 5.41) is 13.3. The van der Waals surface area contributed by atoms with Crippen molar-refractivity contribution in [3.8, 4) is 0 Å². The Morgan fingerprint density at radius 3 is 2.44 bits per heavy atom. The fourth-order valence-corrected chi connectivity index (χ4v) is 2.81. The maximum absolute atomic E-state index is 12.5. The van der Waals surface area contributed by atoms with Crippen LogP contribution in [0.4, 0.5) is 13.2 Å². The van der Waals surface area contributed by atoms with Crippen LogP contribution in [0.3, 0.4) is 0 Å². The first-order chi connectivity index (χ1) is 11.7. The molecule has 0 fully saturated rings. The molecule has 0 spiro atoms. The number of carboxylic acid groups (broad SMARTS) is 1. The van der Waals surface area contributed by atoms with Crippen molar-refractivity contribution in [2.45, 2.75) is 26.1 Å². The highest BCUT2D eigenvalue weighted by Crippen LogP contribution is 2.29. The van der Waals surface area contributed by atoms with Gasteiger partial charge in [0, 0.05) is 11.3 Å². The Morgan fingerprint density at radius 2 is 1.92 bits per heavy atom. The van der Waals surface area contributed by atoms with Crippen LogP contribution in [0.15, 0.2) is 29.6 Å². The van der Waals surface area contributed by atoms with Gasteiger partial charge in [0.25, 0.3) is 0 Å². The maximum Gasteiger partial charge on any atom is 0.416 e. The van der Waals surface area contributed by atoms with Gasteiger partial charge in [-0.25, -0.2) is 9.78 Å². The largest absolute Gasteiger partial charge is 0.476 e. The highest BCUT2D eigenvalue weighted by molar-refractivity contribution is 7.09. The van der Waals surface area contributed by atoms with Gasteiger partial charge in [-0.2, -0.15) is 13.2 Å². The summed E-state index contributed by atoms with van der Waals surface area (Å²) >= 11 is 1.13. The molecular formula is C16H15F3N2O3S. The molecule has 0 saturated carbocycles. The standard InChI is InChI=1S/C16H15F3N2O3S/c1-9(6-10-2-4-11(5-3-10)16(17,18)19)14(22)20-7-13-21-12(8-25-13)15(23)24/h2-5,8-9H,6-7H2,1H3,(H,20,22)(H,23,24). The number of nitrogens with zero attached hydrogens (tertiary/aromatic N) is 1. The summed E-state index contributed by atoms with van der Waals surface area (Å²) < 4.78 is 37.6. The van der Waals surface area contributed by atoms with Gasteiger partial charge in [-0.15, -0.1) is 11.3 Å². The summed E-state index contributed by atoms with van der Waals surface area (Å²) in [6, 6.07) is 4.69. The minimum absolute atomic E-state index is 0.0768. The lowest BCUT2D eigenvalue weighted by Crippen LogP contribution is -2.29. The number of thiazole rings is 1. The summed E-state index contributed by atoms with van der Waals surface area (Å²) in [6.07, 6.45) is -4.09. The number of nitrogens with one attached hydrogen (secondary N) is 1. The number of hydrogen-bond donors (Lipinski definition) is 2. The molecule has 2 rings (SSSR count). The molecule has 0 aliphatic rings. The van der Waals surface area contributed by atoms with Gasteiger partial charge in [-0.1, -0.05) is 19.1 Å². The third-order valence-corrected chi connectivity index (χ3v) is 4.30. The van der Waals surface area contributed by atoms with E-state index in [0.29, 0.717) is 17.0 Å². The quantitative estimate of drug-likeness (QED) is 0.815. The van der Waals surface area contributed by atoms with E-state index in [1.165, 1.54) is 17.5 Å². The predicted octanol–water partition coefficient (Wildman–Crippen LogP) is 3.36. The first-order valence-corrected chi connectivity index (χ1v) is 8.16. The van der Waals surface area contributed by atoms with Crippen molar-refractivity contribution < 1.29 is 27.9 Å². The third kappa shape index (κ3) is 5.28. The molecule has 0 bridgehead atoms. The Balaban J connectivity index is 1.88. The second kappa shape index (κ2) is 7.64. The average molecular weight is 372 g/mol. The van der Waals surface area contributed by atoms with E-state index in [9.17, 15) is 22.8 Å². The number of amides is 1. The number of carbonyl (C=O) groups excluding carboxylic acids is 1. The molecule has 1 atom stereocenters. The fourth-order valence-electron chi connectivity index (χ4n) is 2.10. The Bertz CT molecular complexity index is 757. The normalized spacial score (nSPS) is 12.6. The van der Waals surface area contributed by atoms with E-state index in [1.807, 2.05) is 0 Å². The summed E-state index contributed by atoms with van der Waals surface area (Å²) in [5.41, 5.74) is -0.184. The van der Waals surface area contributed by atoms with E-state index < -0.39 is 23.6 Å². The molecule has 0 aliphatic heterocycles. The van der Waals surface area contributed by atoms with Crippen molar-refractivity contribution in [3.63, 3.8) is 0 Å². The number of aromatic nitrogens is 1. The number of aromatic carboxylic acids is 1. The molecule has 2 N–H and O–H groups in total. The molecule has 0 aliphatic carbocycles. The summed E-state index contributed by atoms with van der Waals surface area (Å²) in [5.74, 6) is -1.87. The topological polar surface area (TPSA) is 79.3 Å². The fraction of sp³-hybridized carbons (Fsp3) is 0.312. The predicted molar refractivity (Wildman–Crippen MR) is 85.2 cm³/mol. The van der Waals surface area contributed by atoms with Crippen molar-refractivity contribution in [2.24, 2.45) is 5.92 Å². The van der Waals surface area contributed by atoms with Crippen LogP contribution in [0.5, 0.6) is 0 Å². The van der Waals surface area contributed by atoms with Crippen molar-refractivity contribution in [1.29, 1.82) is 0 Å². The van der Waals surface area contributed by atoms with Gasteiger partial charge in [0.15, 0.2) is 5.69 Å². The van der Waals surface area contributed by atoms with Gasteiger partial charge in [0.05, 0.1) is 12.1 Å². The van der Waals surface area contributed by atoms with Crippen molar-refractivity contribution in [2.75, 3.05) is 0 Å². The van der Waals surface area contributed by atoms with Crippen LogP contribution < -0.4 is 5.32 Å². The van der Waals surface area contributed by atoms with E-state index in [0.717, 1.165) is 23.5 Å². The van der Waals surface area contributed by atoms with Crippen LogP contribution in [-0.4, -0.2) is 22.0 Å². The monoisotopic (exact) mass is 372 g/mol. The van der Waals surface area contributed by atoms with Crippen molar-refractivity contribution in [3.05, 3.63) is 51.5 Å². The molecule has 1 unspecified atom stereocenters. The van der Waals surface area contributed by atoms with Crippen LogP contribution in [-0.2, 0) is 23.9 Å². The molecular weight excluding hydrogens is 357 g/mol. The molecule has 0 saturated heterocycles. The lowest BCUT2D eigenvalue weighted by Gasteiger charge is -2.12. The van der Waals surface area contributed by atoms with E-state index in [2.05, 4.69) is 10.3 Å². The minimum Gasteiger partial charge on any atom is -0.476 e. The Morgan fingerprint density at radius 1 is 1.28 bits per heavy atom. The highest BCUT2D eigenvalue weighted by Gasteiger charge is 2.30. The van der Waals surface area contributed by atoms with Crippen LogP contribution in [0.25, 0.3) is 0 Å². The van der Waals surface area contributed by atoms with Crippen LogP contribution >= 0.6 is 11.3 Å². The molecule has 25 heavy (non-hydrogen) atoms. The number of alkyl halides is 3. The maximum atomic E-state index is 12.5. The van der Waals surface area contributed by atoms with Crippen LogP contribution in [0.2, 0.25) is 0 Å². The lowest BCUT2D eigenvalue weighted by atomic mass is 9.99. The molecule has 134 valence electrons. The lowest BCUT2D eigenvalue weighted by molar-refractivity contribution is -0.137. The van der Waals surface area contributed by atoms with Gasteiger partial charge in [-0.3, -0.25) is 4.79 Å². The highest BCUT2D eigenvalue weighted by atomic mass is 32.1. The smallest absolute Gasteiger partial charge is 0.416 e. The molecule has 5 nitrogen and oxygen atoms in total. The molecule has 0 radical (unpaired) electrons. The number of carbonyl (C=O) groups is 2. The molecule has 1 aromatic carbocycles. The molecule has 9 heteroatoms. The van der Waals surface area contributed by atoms with E-state index >= 15 is 0 Å². The van der Waals surface area contributed by atoms with E-state index in [-0.39, 0.29) is 18.1 Å². The second-order valence-corrected chi connectivity index (χ2v) is 6.39. The van der Waals surface area contributed by atoms with Gasteiger partial charge in [0.2, 0.25) is 5.91 Å². The molecule has 1 aromatic heterocycles. The van der Waals surface area contributed by atoms with E-state index in [1.54, 1.807) is 6.92 Å². The number of hydrogen-bond acceptors (Lipinski definition) is 4. The molecule has 1 heterocycles. The van der Waals surface area contributed by atoms with Crippen molar-refractivity contribution in [1.82, 2.24) is 10.3 Å². The second-order valence-electron chi connectivity index (χ2n) is 5.45. The van der Waals surface area contributed by atoms with Crippen LogP contribution in [0.1, 0.15) is 33.5 Å². The Labute approximate surface area is 145 Å². The van der Waals surface area contributed by atoms with Crippen LogP contribution in [0, 0.1) is 5.92 Å². The van der Waals surface area contributed by atoms with Crippen molar-refractivity contribution >= 4 is 23.2 Å². The van der Waals surface area contributed by atoms with Gasteiger partial charge in [0.1, 0.15) is 5.01 Å². The zero-order valence-electron chi connectivity index (χ0n) is 13.1. The number of rotatable bonds is 6. The molecule has 1 amide bonds. The zero-order valence-corrected chi connectivity index (χ0v) is 13.9. The van der Waals surface area contributed by atoms with Gasteiger partial charge in [-0.05, 0) is 24.1 Å².